The number of nitrogens with zero attached hydrogens (tertiary/aromatic N) is 3. The van der Waals surface area contributed by atoms with E-state index in [-0.39, 0.29) is 5.92 Å². The van der Waals surface area contributed by atoms with E-state index in [4.69, 9.17) is 10.7 Å². The van der Waals surface area contributed by atoms with Crippen LogP contribution in [0.15, 0.2) is 30.5 Å². The second kappa shape index (κ2) is 9.78. The monoisotopic (exact) mass is 477 g/mol. The average Bonchev–Trinajstić information content (AvgIpc) is 3.43. The van der Waals surface area contributed by atoms with E-state index >= 15 is 0 Å². The highest BCUT2D eigenvalue weighted by Crippen LogP contribution is 2.36. The zero-order valence-electron chi connectivity index (χ0n) is 21.1. The standard InChI is InChI=1S/C28H39N5O2/c1-3-4-7-19(16-20-17-30-23-9-6-5-8-22(20)23)26-25(27(29)34)31-24-18-32(14-15-33(24)26)21-10-12-28(2,35)13-11-21/h5-6,8-9,17,19,21,30,35H,3-4,7,10-16,18H2,1-2H3,(H2,29,34). The molecule has 1 fully saturated rings. The van der Waals surface area contributed by atoms with Gasteiger partial charge in [-0.25, -0.2) is 4.98 Å². The van der Waals surface area contributed by atoms with E-state index in [1.165, 1.54) is 10.9 Å². The van der Waals surface area contributed by atoms with E-state index in [2.05, 4.69) is 51.8 Å². The van der Waals surface area contributed by atoms with Crippen molar-refractivity contribution in [1.82, 2.24) is 19.4 Å². The van der Waals surface area contributed by atoms with Crippen LogP contribution in [0.3, 0.4) is 0 Å². The van der Waals surface area contributed by atoms with Gasteiger partial charge in [-0.15, -0.1) is 0 Å². The number of imidazole rings is 1. The third kappa shape index (κ3) is 4.89. The molecule has 1 aliphatic heterocycles. The summed E-state index contributed by atoms with van der Waals surface area (Å²) in [4.78, 5) is 23.3. The number of primary amides is 1. The molecule has 0 radical (unpaired) electrons. The fourth-order valence-electron chi connectivity index (χ4n) is 6.22. The summed E-state index contributed by atoms with van der Waals surface area (Å²) in [5.41, 5.74) is 9.26. The first-order valence-electron chi connectivity index (χ1n) is 13.3. The Morgan fingerprint density at radius 3 is 2.80 bits per heavy atom. The van der Waals surface area contributed by atoms with Crippen molar-refractivity contribution in [1.29, 1.82) is 0 Å². The van der Waals surface area contributed by atoms with Gasteiger partial charge in [0.05, 0.1) is 17.8 Å². The molecule has 7 heteroatoms. The number of amides is 1. The van der Waals surface area contributed by atoms with Gasteiger partial charge < -0.3 is 20.4 Å². The molecule has 1 aromatic carbocycles. The molecule has 4 N–H and O–H groups in total. The lowest BCUT2D eigenvalue weighted by Crippen LogP contribution is -2.45. The fraction of sp³-hybridized carbons (Fsp3) is 0.571. The molecule has 0 bridgehead atoms. The smallest absolute Gasteiger partial charge is 0.269 e. The molecular weight excluding hydrogens is 438 g/mol. The maximum Gasteiger partial charge on any atom is 0.269 e. The minimum Gasteiger partial charge on any atom is -0.390 e. The molecule has 3 aromatic rings. The molecule has 7 nitrogen and oxygen atoms in total. The van der Waals surface area contributed by atoms with Crippen LogP contribution in [0, 0.1) is 0 Å². The lowest BCUT2D eigenvalue weighted by Gasteiger charge is -2.41. The van der Waals surface area contributed by atoms with Gasteiger partial charge in [-0.05, 0) is 57.1 Å². The summed E-state index contributed by atoms with van der Waals surface area (Å²) in [7, 11) is 0. The SMILES string of the molecule is CCCCC(Cc1c[nH]c2ccccc12)c1c(C(N)=O)nc2n1CCN(C1CCC(C)(O)CC1)C2. The van der Waals surface area contributed by atoms with Crippen molar-refractivity contribution in [2.24, 2.45) is 5.73 Å². The van der Waals surface area contributed by atoms with Gasteiger partial charge in [-0.1, -0.05) is 38.0 Å². The number of aromatic amines is 1. The third-order valence-electron chi connectivity index (χ3n) is 8.26. The van der Waals surface area contributed by atoms with E-state index in [1.54, 1.807) is 0 Å². The minimum atomic E-state index is -0.536. The summed E-state index contributed by atoms with van der Waals surface area (Å²) in [5.74, 6) is 0.717. The van der Waals surface area contributed by atoms with E-state index < -0.39 is 11.5 Å². The molecule has 0 spiro atoms. The van der Waals surface area contributed by atoms with Gasteiger partial charge in [0.15, 0.2) is 0 Å². The molecule has 1 atom stereocenters. The van der Waals surface area contributed by atoms with Crippen molar-refractivity contribution < 1.29 is 9.90 Å². The number of carbonyl (C=O) groups is 1. The molecule has 2 aromatic heterocycles. The van der Waals surface area contributed by atoms with Crippen LogP contribution < -0.4 is 5.73 Å². The molecular formula is C28H39N5O2. The van der Waals surface area contributed by atoms with Crippen molar-refractivity contribution in [2.75, 3.05) is 6.54 Å². The van der Waals surface area contributed by atoms with E-state index in [0.29, 0.717) is 11.7 Å². The molecule has 5 rings (SSSR count). The summed E-state index contributed by atoms with van der Waals surface area (Å²) < 4.78 is 2.30. The number of fused-ring (bicyclic) bond motifs is 2. The quantitative estimate of drug-likeness (QED) is 0.445. The predicted octanol–water partition coefficient (Wildman–Crippen LogP) is 4.49. The highest BCUT2D eigenvalue weighted by molar-refractivity contribution is 5.92. The van der Waals surface area contributed by atoms with Gasteiger partial charge in [0.2, 0.25) is 0 Å². The molecule has 3 heterocycles. The summed E-state index contributed by atoms with van der Waals surface area (Å²) in [5, 5.41) is 11.6. The van der Waals surface area contributed by atoms with E-state index in [0.717, 1.165) is 88.0 Å². The number of aliphatic hydroxyl groups is 1. The zero-order chi connectivity index (χ0) is 24.6. The Balaban J connectivity index is 1.44. The number of carbonyl (C=O) groups excluding carboxylic acids is 1. The number of hydrogen-bond donors (Lipinski definition) is 3. The number of nitrogens with two attached hydrogens (primary N) is 1. The van der Waals surface area contributed by atoms with Crippen LogP contribution in [-0.4, -0.2) is 48.6 Å². The summed E-state index contributed by atoms with van der Waals surface area (Å²) in [6.07, 6.45) is 9.86. The number of rotatable bonds is 8. The Kier molecular flexibility index (Phi) is 6.73. The number of hydrogen-bond acceptors (Lipinski definition) is 4. The Hall–Kier alpha value is -2.64. The molecule has 1 aliphatic carbocycles. The van der Waals surface area contributed by atoms with Crippen molar-refractivity contribution in [2.45, 2.75) is 95.9 Å². The Labute approximate surface area is 207 Å². The van der Waals surface area contributed by atoms with Gasteiger partial charge in [0.1, 0.15) is 11.5 Å². The maximum atomic E-state index is 12.6. The Morgan fingerprint density at radius 2 is 2.06 bits per heavy atom. The molecule has 0 saturated heterocycles. The number of benzene rings is 1. The van der Waals surface area contributed by atoms with Crippen LogP contribution in [-0.2, 0) is 19.5 Å². The lowest BCUT2D eigenvalue weighted by atomic mass is 9.83. The fourth-order valence-corrected chi connectivity index (χ4v) is 6.22. The van der Waals surface area contributed by atoms with Crippen molar-refractivity contribution in [3.8, 4) is 0 Å². The summed E-state index contributed by atoms with van der Waals surface area (Å²) in [6, 6.07) is 8.86. The van der Waals surface area contributed by atoms with Gasteiger partial charge >= 0.3 is 0 Å². The van der Waals surface area contributed by atoms with Gasteiger partial charge in [0, 0.05) is 42.1 Å². The summed E-state index contributed by atoms with van der Waals surface area (Å²) >= 11 is 0. The van der Waals surface area contributed by atoms with Crippen molar-refractivity contribution >= 4 is 16.8 Å². The van der Waals surface area contributed by atoms with Crippen LogP contribution in [0.25, 0.3) is 10.9 Å². The number of unbranched alkanes of at least 4 members (excludes halogenated alkanes) is 1. The van der Waals surface area contributed by atoms with Crippen LogP contribution in [0.1, 0.15) is 92.3 Å². The van der Waals surface area contributed by atoms with E-state index in [9.17, 15) is 9.90 Å². The number of H-pyrrole nitrogens is 1. The third-order valence-corrected chi connectivity index (χ3v) is 8.26. The van der Waals surface area contributed by atoms with Gasteiger partial charge in [-0.2, -0.15) is 0 Å². The summed E-state index contributed by atoms with van der Waals surface area (Å²) in [6.45, 7) is 6.66. The topological polar surface area (TPSA) is 100 Å². The number of nitrogens with one attached hydrogen (secondary N) is 1. The normalized spacial score (nSPS) is 23.9. The average molecular weight is 478 g/mol. The number of aromatic nitrogens is 3. The van der Waals surface area contributed by atoms with Crippen molar-refractivity contribution in [3.63, 3.8) is 0 Å². The minimum absolute atomic E-state index is 0.189. The molecule has 188 valence electrons. The number of para-hydroxylation sites is 1. The lowest BCUT2D eigenvalue weighted by molar-refractivity contribution is -0.0102. The zero-order valence-corrected chi connectivity index (χ0v) is 21.1. The van der Waals surface area contributed by atoms with Crippen LogP contribution >= 0.6 is 0 Å². The van der Waals surface area contributed by atoms with Gasteiger partial charge in [0.25, 0.3) is 5.91 Å². The molecule has 1 unspecified atom stereocenters. The molecule has 2 aliphatic rings. The van der Waals surface area contributed by atoms with Crippen LogP contribution in [0.4, 0.5) is 0 Å². The highest BCUT2D eigenvalue weighted by Gasteiger charge is 2.35. The Morgan fingerprint density at radius 1 is 1.29 bits per heavy atom. The van der Waals surface area contributed by atoms with Gasteiger partial charge in [-0.3, -0.25) is 9.69 Å². The predicted molar refractivity (Wildman–Crippen MR) is 138 cm³/mol. The first-order chi connectivity index (χ1) is 16.9. The first-order valence-corrected chi connectivity index (χ1v) is 13.3. The molecule has 1 saturated carbocycles. The maximum absolute atomic E-state index is 12.6. The molecule has 1 amide bonds. The second-order valence-corrected chi connectivity index (χ2v) is 10.9. The first kappa shape index (κ1) is 24.1. The van der Waals surface area contributed by atoms with E-state index in [1.807, 2.05) is 6.92 Å². The molecule has 35 heavy (non-hydrogen) atoms. The largest absolute Gasteiger partial charge is 0.390 e. The second-order valence-electron chi connectivity index (χ2n) is 10.9. The van der Waals surface area contributed by atoms with Crippen LogP contribution in [0.2, 0.25) is 0 Å². The highest BCUT2D eigenvalue weighted by atomic mass is 16.3. The van der Waals surface area contributed by atoms with Crippen LogP contribution in [0.5, 0.6) is 0 Å². The Bertz CT molecular complexity index is 1180. The van der Waals surface area contributed by atoms with Crippen molar-refractivity contribution in [3.05, 3.63) is 53.2 Å².